The van der Waals surface area contributed by atoms with E-state index in [1.165, 1.54) is 11.8 Å². The van der Waals surface area contributed by atoms with Crippen LogP contribution < -0.4 is 10.9 Å². The highest BCUT2D eigenvalue weighted by atomic mass is 35.5. The molecule has 10 heteroatoms. The van der Waals surface area contributed by atoms with Crippen molar-refractivity contribution >= 4 is 28.7 Å². The van der Waals surface area contributed by atoms with Gasteiger partial charge in [0.1, 0.15) is 0 Å². The molecular formula is C15H15ClN6O3. The van der Waals surface area contributed by atoms with Crippen LogP contribution in [-0.2, 0) is 11.3 Å². The van der Waals surface area contributed by atoms with Crippen molar-refractivity contribution in [2.45, 2.75) is 6.54 Å². The zero-order chi connectivity index (χ0) is 17.8. The summed E-state index contributed by atoms with van der Waals surface area (Å²) in [6.45, 7) is 0.926. The van der Waals surface area contributed by atoms with Crippen molar-refractivity contribution in [1.82, 2.24) is 30.3 Å². The fraction of sp³-hybridized carbons (Fsp3) is 0.267. The second-order valence-electron chi connectivity index (χ2n) is 5.17. The predicted octanol–water partition coefficient (Wildman–Crippen LogP) is 0.592. The lowest BCUT2D eigenvalue weighted by Crippen LogP contribution is -2.30. The average Bonchev–Trinajstić information content (AvgIpc) is 3.00. The van der Waals surface area contributed by atoms with Gasteiger partial charge in [0.05, 0.1) is 13.2 Å². The molecule has 2 aromatic heterocycles. The lowest BCUT2D eigenvalue weighted by atomic mass is 10.2. The van der Waals surface area contributed by atoms with Crippen molar-refractivity contribution in [2.75, 3.05) is 20.3 Å². The maximum absolute atomic E-state index is 12.1. The molecule has 2 heterocycles. The number of amides is 1. The van der Waals surface area contributed by atoms with Gasteiger partial charge in [0.25, 0.3) is 11.5 Å². The van der Waals surface area contributed by atoms with E-state index in [2.05, 4.69) is 25.6 Å². The highest BCUT2D eigenvalue weighted by molar-refractivity contribution is 6.31. The first-order chi connectivity index (χ1) is 12.1. The molecular weight excluding hydrogens is 348 g/mol. The van der Waals surface area contributed by atoms with Gasteiger partial charge in [0.2, 0.25) is 5.82 Å². The molecule has 0 atom stereocenters. The highest BCUT2D eigenvalue weighted by Crippen LogP contribution is 2.17. The first-order valence-electron chi connectivity index (χ1n) is 7.44. The number of carbonyl (C=O) groups excluding carboxylic acids is 1. The molecule has 1 amide bonds. The second kappa shape index (κ2) is 7.41. The first-order valence-corrected chi connectivity index (χ1v) is 7.82. The van der Waals surface area contributed by atoms with Gasteiger partial charge >= 0.3 is 0 Å². The summed E-state index contributed by atoms with van der Waals surface area (Å²) in [5.41, 5.74) is 0.525. The molecule has 3 rings (SSSR count). The number of nitrogens with one attached hydrogen (secondary N) is 2. The van der Waals surface area contributed by atoms with Gasteiger partial charge in [0, 0.05) is 18.7 Å². The van der Waals surface area contributed by atoms with E-state index in [9.17, 15) is 9.59 Å². The van der Waals surface area contributed by atoms with Crippen molar-refractivity contribution in [1.29, 1.82) is 0 Å². The molecule has 0 spiro atoms. The van der Waals surface area contributed by atoms with Crippen LogP contribution in [0.5, 0.6) is 0 Å². The Hall–Kier alpha value is -2.78. The number of rotatable bonds is 6. The molecule has 9 nitrogen and oxygen atoms in total. The van der Waals surface area contributed by atoms with E-state index in [0.717, 1.165) is 5.56 Å². The van der Waals surface area contributed by atoms with E-state index in [1.54, 1.807) is 6.07 Å². The fourth-order valence-corrected chi connectivity index (χ4v) is 2.41. The minimum Gasteiger partial charge on any atom is -0.383 e. The minimum atomic E-state index is -0.535. The van der Waals surface area contributed by atoms with Crippen molar-refractivity contribution in [3.63, 3.8) is 0 Å². The maximum Gasteiger partial charge on any atom is 0.287 e. The van der Waals surface area contributed by atoms with Crippen LogP contribution in [0, 0.1) is 0 Å². The number of nitrogens with zero attached hydrogens (tertiary/aromatic N) is 4. The number of carbonyl (C=O) groups is 1. The summed E-state index contributed by atoms with van der Waals surface area (Å²) in [7, 11) is 1.53. The van der Waals surface area contributed by atoms with Gasteiger partial charge in [-0.2, -0.15) is 0 Å². The zero-order valence-electron chi connectivity index (χ0n) is 13.3. The van der Waals surface area contributed by atoms with E-state index >= 15 is 0 Å². The van der Waals surface area contributed by atoms with Crippen LogP contribution in [0.3, 0.4) is 0 Å². The summed E-state index contributed by atoms with van der Waals surface area (Å²) in [5, 5.41) is 10.9. The number of aromatic nitrogens is 5. The number of benzene rings is 1. The van der Waals surface area contributed by atoms with Crippen LogP contribution >= 0.6 is 11.6 Å². The van der Waals surface area contributed by atoms with Gasteiger partial charge < -0.3 is 15.0 Å². The Labute approximate surface area is 147 Å². The topological polar surface area (TPSA) is 115 Å². The lowest BCUT2D eigenvalue weighted by molar-refractivity contribution is 0.0926. The number of aromatic amines is 1. The molecule has 3 aromatic rings. The van der Waals surface area contributed by atoms with Gasteiger partial charge in [-0.25, -0.2) is 9.67 Å². The predicted molar refractivity (Wildman–Crippen MR) is 90.7 cm³/mol. The monoisotopic (exact) mass is 362 g/mol. The van der Waals surface area contributed by atoms with Crippen LogP contribution in [0.25, 0.3) is 11.2 Å². The molecule has 0 saturated heterocycles. The SMILES string of the molecule is COCCNC(=O)c1nc2c(nnn2Cc2ccccc2Cl)c(=O)[nH]1. The molecule has 0 aliphatic carbocycles. The second-order valence-corrected chi connectivity index (χ2v) is 5.58. The molecule has 25 heavy (non-hydrogen) atoms. The lowest BCUT2D eigenvalue weighted by Gasteiger charge is -2.06. The highest BCUT2D eigenvalue weighted by Gasteiger charge is 2.16. The third-order valence-corrected chi connectivity index (χ3v) is 3.83. The minimum absolute atomic E-state index is 0.0560. The van der Waals surface area contributed by atoms with Crippen molar-refractivity contribution in [2.24, 2.45) is 0 Å². The number of fused-ring (bicyclic) bond motifs is 1. The van der Waals surface area contributed by atoms with Crippen LogP contribution in [0.15, 0.2) is 29.1 Å². The van der Waals surface area contributed by atoms with Crippen LogP contribution in [-0.4, -0.2) is 51.1 Å². The van der Waals surface area contributed by atoms with Crippen LogP contribution in [0.1, 0.15) is 16.2 Å². The van der Waals surface area contributed by atoms with E-state index in [1.807, 2.05) is 18.2 Å². The number of hydrogen-bond acceptors (Lipinski definition) is 6. The summed E-state index contributed by atoms with van der Waals surface area (Å²) in [6, 6.07) is 7.25. The Morgan fingerprint density at radius 2 is 2.20 bits per heavy atom. The number of methoxy groups -OCH3 is 1. The van der Waals surface area contributed by atoms with Gasteiger partial charge in [0.15, 0.2) is 11.2 Å². The number of H-pyrrole nitrogens is 1. The molecule has 0 radical (unpaired) electrons. The normalized spacial score (nSPS) is 11.0. The summed E-state index contributed by atoms with van der Waals surface area (Å²) in [5.74, 6) is -0.627. The smallest absolute Gasteiger partial charge is 0.287 e. The first kappa shape index (κ1) is 17.1. The molecule has 130 valence electrons. The summed E-state index contributed by atoms with van der Waals surface area (Å²) in [6.07, 6.45) is 0. The Balaban J connectivity index is 1.94. The average molecular weight is 363 g/mol. The van der Waals surface area contributed by atoms with Crippen molar-refractivity contribution in [3.05, 3.63) is 51.0 Å². The van der Waals surface area contributed by atoms with Gasteiger partial charge in [-0.15, -0.1) is 5.10 Å². The molecule has 0 saturated carbocycles. The Bertz CT molecular complexity index is 967. The van der Waals surface area contributed by atoms with Crippen molar-refractivity contribution in [3.8, 4) is 0 Å². The van der Waals surface area contributed by atoms with Gasteiger partial charge in [-0.1, -0.05) is 35.0 Å². The molecule has 0 aliphatic rings. The van der Waals surface area contributed by atoms with E-state index < -0.39 is 11.5 Å². The summed E-state index contributed by atoms with van der Waals surface area (Å²) < 4.78 is 6.29. The molecule has 2 N–H and O–H groups in total. The third kappa shape index (κ3) is 3.67. The number of halogens is 1. The largest absolute Gasteiger partial charge is 0.383 e. The van der Waals surface area contributed by atoms with E-state index in [4.69, 9.17) is 16.3 Å². The quantitative estimate of drug-likeness (QED) is 0.620. The van der Waals surface area contributed by atoms with Gasteiger partial charge in [-0.05, 0) is 11.6 Å². The van der Waals surface area contributed by atoms with E-state index in [-0.39, 0.29) is 23.5 Å². The summed E-state index contributed by atoms with van der Waals surface area (Å²) in [4.78, 5) is 30.8. The Morgan fingerprint density at radius 1 is 1.40 bits per heavy atom. The zero-order valence-corrected chi connectivity index (χ0v) is 14.1. The molecule has 0 unspecified atom stereocenters. The van der Waals surface area contributed by atoms with Crippen LogP contribution in [0.4, 0.5) is 0 Å². The third-order valence-electron chi connectivity index (χ3n) is 3.46. The Kier molecular flexibility index (Phi) is 5.05. The molecule has 0 fully saturated rings. The Morgan fingerprint density at radius 3 is 2.96 bits per heavy atom. The van der Waals surface area contributed by atoms with Crippen LogP contribution in [0.2, 0.25) is 5.02 Å². The number of hydrogen-bond donors (Lipinski definition) is 2. The molecule has 0 aliphatic heterocycles. The summed E-state index contributed by atoms with van der Waals surface area (Å²) >= 11 is 6.15. The van der Waals surface area contributed by atoms with Gasteiger partial charge in [-0.3, -0.25) is 9.59 Å². The standard InChI is InChI=1S/C15H15ClN6O3/c1-25-7-6-17-15(24)12-18-13-11(14(23)19-12)20-21-22(13)8-9-4-2-3-5-10(9)16/h2-5H,6-8H2,1H3,(H,17,24)(H,18,19,23). The molecule has 1 aromatic carbocycles. The van der Waals surface area contributed by atoms with E-state index in [0.29, 0.717) is 18.2 Å². The van der Waals surface area contributed by atoms with Crippen molar-refractivity contribution < 1.29 is 9.53 Å². The fourth-order valence-electron chi connectivity index (χ4n) is 2.22. The molecule has 0 bridgehead atoms. The number of ether oxygens (including phenoxy) is 1. The maximum atomic E-state index is 12.1.